The lowest BCUT2D eigenvalue weighted by Crippen LogP contribution is -2.42. The van der Waals surface area contributed by atoms with Crippen molar-refractivity contribution in [3.05, 3.63) is 34.3 Å². The van der Waals surface area contributed by atoms with Crippen LogP contribution in [0.15, 0.2) is 28.7 Å². The molecule has 1 saturated heterocycles. The Labute approximate surface area is 110 Å². The minimum atomic E-state index is 0.249. The molecule has 0 bridgehead atoms. The number of hydrogen-bond acceptors (Lipinski definition) is 2. The molecule has 1 aromatic carbocycles. The summed E-state index contributed by atoms with van der Waals surface area (Å²) < 4.78 is 1.45. The Kier molecular flexibility index (Phi) is 3.98. The fourth-order valence-corrected chi connectivity index (χ4v) is 4.00. The summed E-state index contributed by atoms with van der Waals surface area (Å²) in [6, 6.07) is 8.62. The predicted molar refractivity (Wildman–Crippen MR) is 75.9 cm³/mol. The van der Waals surface area contributed by atoms with E-state index in [9.17, 15) is 0 Å². The van der Waals surface area contributed by atoms with Crippen molar-refractivity contribution < 1.29 is 0 Å². The van der Waals surface area contributed by atoms with Gasteiger partial charge in [-0.05, 0) is 43.6 Å². The SMILES string of the molecule is CC1(C(N)Cc2ccccc2Br)CCCS1. The molecule has 0 spiro atoms. The number of halogens is 1. The minimum Gasteiger partial charge on any atom is -0.326 e. The number of thioether (sulfide) groups is 1. The molecule has 88 valence electrons. The lowest BCUT2D eigenvalue weighted by molar-refractivity contribution is 0.482. The molecule has 0 aromatic heterocycles. The molecule has 0 saturated carbocycles. The molecular formula is C13H18BrNS. The van der Waals surface area contributed by atoms with Gasteiger partial charge >= 0.3 is 0 Å². The first kappa shape index (κ1) is 12.5. The first-order valence-corrected chi connectivity index (χ1v) is 7.53. The summed E-state index contributed by atoms with van der Waals surface area (Å²) in [5.41, 5.74) is 7.70. The van der Waals surface area contributed by atoms with Crippen LogP contribution in [-0.2, 0) is 6.42 Å². The van der Waals surface area contributed by atoms with E-state index in [0.717, 1.165) is 6.42 Å². The van der Waals surface area contributed by atoms with E-state index in [0.29, 0.717) is 0 Å². The molecule has 2 rings (SSSR count). The van der Waals surface area contributed by atoms with Crippen LogP contribution >= 0.6 is 27.7 Å². The van der Waals surface area contributed by atoms with E-state index in [2.05, 4.69) is 41.1 Å². The van der Waals surface area contributed by atoms with E-state index in [1.165, 1.54) is 28.6 Å². The van der Waals surface area contributed by atoms with Gasteiger partial charge in [-0.25, -0.2) is 0 Å². The molecule has 1 nitrogen and oxygen atoms in total. The number of benzene rings is 1. The van der Waals surface area contributed by atoms with Gasteiger partial charge in [0.15, 0.2) is 0 Å². The van der Waals surface area contributed by atoms with E-state index >= 15 is 0 Å². The summed E-state index contributed by atoms with van der Waals surface area (Å²) in [6.07, 6.45) is 3.53. The fourth-order valence-electron chi connectivity index (χ4n) is 2.21. The van der Waals surface area contributed by atoms with Crippen molar-refractivity contribution >= 4 is 27.7 Å². The molecule has 2 atom stereocenters. The maximum atomic E-state index is 6.37. The summed E-state index contributed by atoms with van der Waals surface area (Å²) >= 11 is 5.63. The van der Waals surface area contributed by atoms with Crippen molar-refractivity contribution in [1.82, 2.24) is 0 Å². The van der Waals surface area contributed by atoms with Crippen LogP contribution in [0.3, 0.4) is 0 Å². The van der Waals surface area contributed by atoms with E-state index in [4.69, 9.17) is 5.73 Å². The number of hydrogen-bond donors (Lipinski definition) is 1. The second-order valence-corrected chi connectivity index (χ2v) is 7.15. The molecule has 2 unspecified atom stereocenters. The summed E-state index contributed by atoms with van der Waals surface area (Å²) in [5.74, 6) is 1.26. The standard InChI is InChI=1S/C13H18BrNS/c1-13(7-4-8-16-13)12(15)9-10-5-2-3-6-11(10)14/h2-3,5-6,12H,4,7-9,15H2,1H3. The Hall–Kier alpha value is 0.01000. The zero-order valence-electron chi connectivity index (χ0n) is 9.58. The van der Waals surface area contributed by atoms with Crippen molar-refractivity contribution in [2.24, 2.45) is 5.73 Å². The van der Waals surface area contributed by atoms with Crippen LogP contribution < -0.4 is 5.73 Å². The van der Waals surface area contributed by atoms with Crippen LogP contribution in [0.5, 0.6) is 0 Å². The second kappa shape index (κ2) is 5.11. The average Bonchev–Trinajstić information content (AvgIpc) is 2.70. The molecule has 2 N–H and O–H groups in total. The summed E-state index contributed by atoms with van der Waals surface area (Å²) in [4.78, 5) is 0. The molecule has 0 aliphatic carbocycles. The molecule has 3 heteroatoms. The maximum absolute atomic E-state index is 6.37. The molecule has 1 aliphatic heterocycles. The lowest BCUT2D eigenvalue weighted by atomic mass is 9.92. The molecule has 0 amide bonds. The molecule has 1 heterocycles. The van der Waals surface area contributed by atoms with Gasteiger partial charge in [0, 0.05) is 15.3 Å². The normalized spacial score (nSPS) is 26.9. The van der Waals surface area contributed by atoms with Gasteiger partial charge in [0.05, 0.1) is 0 Å². The van der Waals surface area contributed by atoms with Gasteiger partial charge < -0.3 is 5.73 Å². The Bertz CT molecular complexity index is 361. The Balaban J connectivity index is 2.07. The summed E-state index contributed by atoms with van der Waals surface area (Å²) in [5, 5.41) is 0. The van der Waals surface area contributed by atoms with Gasteiger partial charge in [-0.1, -0.05) is 34.1 Å². The molecule has 1 aromatic rings. The molecular weight excluding hydrogens is 282 g/mol. The smallest absolute Gasteiger partial charge is 0.0286 e. The zero-order valence-corrected chi connectivity index (χ0v) is 12.0. The van der Waals surface area contributed by atoms with Crippen molar-refractivity contribution in [2.45, 2.75) is 37.0 Å². The third-order valence-electron chi connectivity index (χ3n) is 3.43. The maximum Gasteiger partial charge on any atom is 0.0286 e. The van der Waals surface area contributed by atoms with E-state index in [1.54, 1.807) is 0 Å². The Morgan fingerprint density at radius 3 is 2.88 bits per heavy atom. The van der Waals surface area contributed by atoms with Crippen LogP contribution in [0, 0.1) is 0 Å². The first-order chi connectivity index (χ1) is 7.62. The van der Waals surface area contributed by atoms with Crippen LogP contribution in [-0.4, -0.2) is 16.5 Å². The highest BCUT2D eigenvalue weighted by Gasteiger charge is 2.35. The average molecular weight is 300 g/mol. The lowest BCUT2D eigenvalue weighted by Gasteiger charge is -2.30. The molecule has 0 radical (unpaired) electrons. The van der Waals surface area contributed by atoms with E-state index in [1.807, 2.05) is 17.8 Å². The van der Waals surface area contributed by atoms with Gasteiger partial charge in [-0.15, -0.1) is 0 Å². The third kappa shape index (κ3) is 2.63. The van der Waals surface area contributed by atoms with Gasteiger partial charge in [-0.3, -0.25) is 0 Å². The van der Waals surface area contributed by atoms with Crippen LogP contribution in [0.1, 0.15) is 25.3 Å². The molecule has 16 heavy (non-hydrogen) atoms. The van der Waals surface area contributed by atoms with Crippen molar-refractivity contribution in [3.8, 4) is 0 Å². The first-order valence-electron chi connectivity index (χ1n) is 5.75. The molecule has 1 aliphatic rings. The topological polar surface area (TPSA) is 26.0 Å². The highest BCUT2D eigenvalue weighted by atomic mass is 79.9. The summed E-state index contributed by atoms with van der Waals surface area (Å²) in [7, 11) is 0. The van der Waals surface area contributed by atoms with Crippen molar-refractivity contribution in [1.29, 1.82) is 0 Å². The zero-order chi connectivity index (χ0) is 11.6. The number of nitrogens with two attached hydrogens (primary N) is 1. The Morgan fingerprint density at radius 1 is 1.50 bits per heavy atom. The van der Waals surface area contributed by atoms with Gasteiger partial charge in [0.1, 0.15) is 0 Å². The van der Waals surface area contributed by atoms with E-state index < -0.39 is 0 Å². The van der Waals surface area contributed by atoms with Gasteiger partial charge in [-0.2, -0.15) is 11.8 Å². The van der Waals surface area contributed by atoms with Gasteiger partial charge in [0.25, 0.3) is 0 Å². The van der Waals surface area contributed by atoms with Crippen LogP contribution in [0.25, 0.3) is 0 Å². The van der Waals surface area contributed by atoms with Gasteiger partial charge in [0.2, 0.25) is 0 Å². The largest absolute Gasteiger partial charge is 0.326 e. The highest BCUT2D eigenvalue weighted by molar-refractivity contribution is 9.10. The summed E-state index contributed by atoms with van der Waals surface area (Å²) in [6.45, 7) is 2.31. The van der Waals surface area contributed by atoms with Crippen molar-refractivity contribution in [2.75, 3.05) is 5.75 Å². The third-order valence-corrected chi connectivity index (χ3v) is 5.86. The van der Waals surface area contributed by atoms with Crippen molar-refractivity contribution in [3.63, 3.8) is 0 Å². The Morgan fingerprint density at radius 2 is 2.25 bits per heavy atom. The van der Waals surface area contributed by atoms with E-state index in [-0.39, 0.29) is 10.8 Å². The second-order valence-electron chi connectivity index (χ2n) is 4.67. The quantitative estimate of drug-likeness (QED) is 0.923. The molecule has 1 fully saturated rings. The predicted octanol–water partition coefficient (Wildman–Crippen LogP) is 3.60. The van der Waals surface area contributed by atoms with Crippen LogP contribution in [0.4, 0.5) is 0 Å². The number of rotatable bonds is 3. The van der Waals surface area contributed by atoms with Crippen LogP contribution in [0.2, 0.25) is 0 Å². The fraction of sp³-hybridized carbons (Fsp3) is 0.538. The highest BCUT2D eigenvalue weighted by Crippen LogP contribution is 2.40. The monoisotopic (exact) mass is 299 g/mol. The minimum absolute atomic E-state index is 0.249.